The van der Waals surface area contributed by atoms with Crippen LogP contribution in [0.5, 0.6) is 17.2 Å². The molecule has 0 bridgehead atoms. The van der Waals surface area contributed by atoms with Crippen LogP contribution in [0.1, 0.15) is 17.2 Å². The van der Waals surface area contributed by atoms with E-state index in [1.54, 1.807) is 24.3 Å². The molecule has 4 nitrogen and oxygen atoms in total. The summed E-state index contributed by atoms with van der Waals surface area (Å²) in [7, 11) is 1.39. The third kappa shape index (κ3) is 2.40. The fourth-order valence-electron chi connectivity index (χ4n) is 2.55. The van der Waals surface area contributed by atoms with Gasteiger partial charge in [-0.2, -0.15) is 0 Å². The Kier molecular flexibility index (Phi) is 3.43. The van der Waals surface area contributed by atoms with E-state index in [1.165, 1.54) is 19.2 Å². The summed E-state index contributed by atoms with van der Waals surface area (Å²) in [5, 5.41) is 20.0. The first kappa shape index (κ1) is 13.7. The molecule has 2 N–H and O–H groups in total. The molecule has 0 amide bonds. The molecule has 0 unspecified atom stereocenters. The average Bonchev–Trinajstić information content (AvgIpc) is 2.47. The van der Waals surface area contributed by atoms with Gasteiger partial charge in [0.05, 0.1) is 13.2 Å². The van der Waals surface area contributed by atoms with Crippen LogP contribution in [0.3, 0.4) is 0 Å². The Labute approximate surface area is 121 Å². The van der Waals surface area contributed by atoms with Crippen LogP contribution in [0.4, 0.5) is 4.39 Å². The van der Waals surface area contributed by atoms with Crippen LogP contribution < -0.4 is 9.47 Å². The number of hydrogen-bond acceptors (Lipinski definition) is 4. The Hall–Kier alpha value is -2.27. The van der Waals surface area contributed by atoms with Crippen molar-refractivity contribution in [1.29, 1.82) is 0 Å². The Morgan fingerprint density at radius 2 is 2.10 bits per heavy atom. The summed E-state index contributed by atoms with van der Waals surface area (Å²) < 4.78 is 24.4. The Morgan fingerprint density at radius 3 is 2.81 bits per heavy atom. The van der Waals surface area contributed by atoms with Crippen molar-refractivity contribution in [2.24, 2.45) is 0 Å². The second-order valence-electron chi connectivity index (χ2n) is 4.96. The second-order valence-corrected chi connectivity index (χ2v) is 4.96. The van der Waals surface area contributed by atoms with Gasteiger partial charge in [-0.05, 0) is 29.8 Å². The third-order valence-corrected chi connectivity index (χ3v) is 3.63. The molecule has 1 aliphatic rings. The van der Waals surface area contributed by atoms with Crippen molar-refractivity contribution in [2.75, 3.05) is 7.11 Å². The lowest BCUT2D eigenvalue weighted by Crippen LogP contribution is -2.30. The van der Waals surface area contributed by atoms with Gasteiger partial charge in [-0.15, -0.1) is 0 Å². The van der Waals surface area contributed by atoms with Gasteiger partial charge in [0.2, 0.25) is 0 Å². The molecule has 5 heteroatoms. The topological polar surface area (TPSA) is 58.9 Å². The molecule has 0 saturated heterocycles. The van der Waals surface area contributed by atoms with Crippen molar-refractivity contribution >= 4 is 0 Å². The SMILES string of the molecule is COc1ccc([C@@H]2Oc3cccc(O)c3C[C@@H]2O)cc1F. The molecular weight excluding hydrogens is 275 g/mol. The number of hydrogen-bond donors (Lipinski definition) is 2. The van der Waals surface area contributed by atoms with Gasteiger partial charge < -0.3 is 19.7 Å². The van der Waals surface area contributed by atoms with Crippen LogP contribution in [0.2, 0.25) is 0 Å². The normalized spacial score (nSPS) is 20.5. The highest BCUT2D eigenvalue weighted by atomic mass is 19.1. The highest BCUT2D eigenvalue weighted by Crippen LogP contribution is 2.39. The van der Waals surface area contributed by atoms with E-state index in [0.29, 0.717) is 16.9 Å². The maximum Gasteiger partial charge on any atom is 0.165 e. The molecule has 0 aromatic heterocycles. The van der Waals surface area contributed by atoms with Crippen molar-refractivity contribution in [1.82, 2.24) is 0 Å². The minimum absolute atomic E-state index is 0.0888. The van der Waals surface area contributed by atoms with Gasteiger partial charge in [0.25, 0.3) is 0 Å². The molecule has 1 heterocycles. The van der Waals surface area contributed by atoms with Gasteiger partial charge in [0.1, 0.15) is 17.6 Å². The molecule has 2 atom stereocenters. The van der Waals surface area contributed by atoms with E-state index in [4.69, 9.17) is 9.47 Å². The number of fused-ring (bicyclic) bond motifs is 1. The molecule has 0 fully saturated rings. The zero-order chi connectivity index (χ0) is 15.0. The number of halogens is 1. The Morgan fingerprint density at radius 1 is 1.29 bits per heavy atom. The highest BCUT2D eigenvalue weighted by Gasteiger charge is 2.31. The first-order chi connectivity index (χ1) is 10.1. The van der Waals surface area contributed by atoms with E-state index < -0.39 is 18.0 Å². The first-order valence-corrected chi connectivity index (χ1v) is 6.59. The monoisotopic (exact) mass is 290 g/mol. The fraction of sp³-hybridized carbons (Fsp3) is 0.250. The van der Waals surface area contributed by atoms with E-state index in [2.05, 4.69) is 0 Å². The summed E-state index contributed by atoms with van der Waals surface area (Å²) in [4.78, 5) is 0. The number of phenolic OH excluding ortho intramolecular Hbond substituents is 1. The number of aromatic hydroxyl groups is 1. The quantitative estimate of drug-likeness (QED) is 0.892. The van der Waals surface area contributed by atoms with Crippen molar-refractivity contribution in [3.8, 4) is 17.2 Å². The predicted octanol–water partition coefficient (Wildman–Crippen LogP) is 2.58. The molecule has 0 spiro atoms. The number of aliphatic hydroxyl groups excluding tert-OH is 1. The maximum atomic E-state index is 13.8. The summed E-state index contributed by atoms with van der Waals surface area (Å²) >= 11 is 0. The van der Waals surface area contributed by atoms with Crippen LogP contribution in [0.25, 0.3) is 0 Å². The third-order valence-electron chi connectivity index (χ3n) is 3.63. The predicted molar refractivity (Wildman–Crippen MR) is 74.1 cm³/mol. The molecular formula is C16H15FO4. The molecule has 1 aliphatic heterocycles. The van der Waals surface area contributed by atoms with Crippen molar-refractivity contribution < 1.29 is 24.1 Å². The number of rotatable bonds is 2. The number of phenols is 1. The van der Waals surface area contributed by atoms with Crippen LogP contribution in [0.15, 0.2) is 36.4 Å². The molecule has 3 rings (SSSR count). The summed E-state index contributed by atoms with van der Waals surface area (Å²) in [6, 6.07) is 9.37. The minimum atomic E-state index is -0.862. The van der Waals surface area contributed by atoms with Gasteiger partial charge in [0.15, 0.2) is 11.6 Å². The summed E-state index contributed by atoms with van der Waals surface area (Å²) in [6.45, 7) is 0. The smallest absolute Gasteiger partial charge is 0.165 e. The Bertz CT molecular complexity index is 671. The number of methoxy groups -OCH3 is 1. The molecule has 2 aromatic carbocycles. The van der Waals surface area contributed by atoms with Crippen molar-refractivity contribution in [3.05, 3.63) is 53.3 Å². The van der Waals surface area contributed by atoms with Gasteiger partial charge in [0, 0.05) is 12.0 Å². The first-order valence-electron chi connectivity index (χ1n) is 6.59. The zero-order valence-electron chi connectivity index (χ0n) is 11.4. The second kappa shape index (κ2) is 5.26. The summed E-state index contributed by atoms with van der Waals surface area (Å²) in [5.74, 6) is 0.224. The van der Waals surface area contributed by atoms with Crippen LogP contribution >= 0.6 is 0 Å². The summed E-state index contributed by atoms with van der Waals surface area (Å²) in [6.07, 6.45) is -1.29. The molecule has 2 aromatic rings. The van der Waals surface area contributed by atoms with E-state index >= 15 is 0 Å². The zero-order valence-corrected chi connectivity index (χ0v) is 11.4. The largest absolute Gasteiger partial charge is 0.508 e. The van der Waals surface area contributed by atoms with Crippen molar-refractivity contribution in [2.45, 2.75) is 18.6 Å². The highest BCUT2D eigenvalue weighted by molar-refractivity contribution is 5.46. The molecule has 0 radical (unpaired) electrons. The van der Waals surface area contributed by atoms with Gasteiger partial charge in [-0.1, -0.05) is 12.1 Å². The molecule has 110 valence electrons. The van der Waals surface area contributed by atoms with Crippen LogP contribution in [0, 0.1) is 5.82 Å². The lowest BCUT2D eigenvalue weighted by Gasteiger charge is -2.31. The van der Waals surface area contributed by atoms with Crippen LogP contribution in [-0.2, 0) is 6.42 Å². The summed E-state index contributed by atoms with van der Waals surface area (Å²) in [5.41, 5.74) is 1.09. The minimum Gasteiger partial charge on any atom is -0.508 e. The molecule has 0 saturated carbocycles. The van der Waals surface area contributed by atoms with Gasteiger partial charge in [-0.3, -0.25) is 0 Å². The lowest BCUT2D eigenvalue weighted by atomic mass is 9.94. The fourth-order valence-corrected chi connectivity index (χ4v) is 2.55. The van der Waals surface area contributed by atoms with Crippen LogP contribution in [-0.4, -0.2) is 23.4 Å². The van der Waals surface area contributed by atoms with Gasteiger partial charge >= 0.3 is 0 Å². The number of benzene rings is 2. The number of aliphatic hydroxyl groups is 1. The maximum absolute atomic E-state index is 13.8. The average molecular weight is 290 g/mol. The molecule has 21 heavy (non-hydrogen) atoms. The van der Waals surface area contributed by atoms with E-state index in [0.717, 1.165) is 0 Å². The van der Waals surface area contributed by atoms with Crippen molar-refractivity contribution in [3.63, 3.8) is 0 Å². The molecule has 0 aliphatic carbocycles. The van der Waals surface area contributed by atoms with E-state index in [-0.39, 0.29) is 17.9 Å². The van der Waals surface area contributed by atoms with Gasteiger partial charge in [-0.25, -0.2) is 4.39 Å². The number of ether oxygens (including phenoxy) is 2. The Balaban J connectivity index is 1.95. The van der Waals surface area contributed by atoms with E-state index in [1.807, 2.05) is 0 Å². The van der Waals surface area contributed by atoms with E-state index in [9.17, 15) is 14.6 Å². The lowest BCUT2D eigenvalue weighted by molar-refractivity contribution is 0.0198. The standard InChI is InChI=1S/C16H15FO4/c1-20-15-6-5-9(7-11(15)17)16-13(19)8-10-12(18)3-2-4-14(10)21-16/h2-7,13,16,18-19H,8H2,1H3/t13-,16-/m0/s1.